The molecule has 0 saturated heterocycles. The normalized spacial score (nSPS) is 26.8. The van der Waals surface area contributed by atoms with Gasteiger partial charge in [0.15, 0.2) is 15.6 Å². The first-order valence-corrected chi connectivity index (χ1v) is 30.8. The maximum Gasteiger partial charge on any atom is 0.292 e. The van der Waals surface area contributed by atoms with Gasteiger partial charge in [0.05, 0.1) is 57.6 Å². The summed E-state index contributed by atoms with van der Waals surface area (Å²) in [6.07, 6.45) is 20.1. The van der Waals surface area contributed by atoms with Gasteiger partial charge >= 0.3 is 0 Å². The fourth-order valence-corrected chi connectivity index (χ4v) is 14.2. The predicted octanol–water partition coefficient (Wildman–Crippen LogP) is 18.3. The molecule has 4 saturated carbocycles. The van der Waals surface area contributed by atoms with Crippen molar-refractivity contribution in [2.24, 2.45) is 51.0 Å². The van der Waals surface area contributed by atoms with Crippen LogP contribution in [0.5, 0.6) is 0 Å². The van der Waals surface area contributed by atoms with Crippen LogP contribution in [0.4, 0.5) is 17.1 Å². The summed E-state index contributed by atoms with van der Waals surface area (Å²) in [4.78, 5) is 16.1. The summed E-state index contributed by atoms with van der Waals surface area (Å²) in [6, 6.07) is 33.1. The second-order valence-corrected chi connectivity index (χ2v) is 26.4. The number of nitrogens with zero attached hydrogens (tertiary/aromatic N) is 15. The van der Waals surface area contributed by atoms with Crippen molar-refractivity contribution >= 4 is 68.6 Å². The molecule has 22 heteroatoms. The van der Waals surface area contributed by atoms with E-state index in [1.807, 2.05) is 94.4 Å². The minimum Gasteiger partial charge on any atom is -0.505 e. The van der Waals surface area contributed by atoms with Crippen molar-refractivity contribution in [3.8, 4) is 30.3 Å². The zero-order valence-electron chi connectivity index (χ0n) is 52.2. The topological polar surface area (TPSA) is 253 Å². The fourth-order valence-electron chi connectivity index (χ4n) is 14.2. The molecule has 4 aliphatic heterocycles. The van der Waals surface area contributed by atoms with Gasteiger partial charge in [0, 0.05) is 39.0 Å². The fraction of sp³-hybridized carbons (Fsp3) is 0.386. The molecule has 8 atom stereocenters. The highest BCUT2D eigenvalue weighted by Crippen LogP contribution is 2.53. The number of nitriles is 5. The van der Waals surface area contributed by atoms with Crippen LogP contribution in [0, 0.1) is 118 Å². The van der Waals surface area contributed by atoms with E-state index in [0.29, 0.717) is 69.8 Å². The summed E-state index contributed by atoms with van der Waals surface area (Å²) in [7, 11) is 0. The molecular weight excluding hydrogens is 1220 g/mol. The molecule has 0 aromatic heterocycles. The Hall–Kier alpha value is -10.2. The van der Waals surface area contributed by atoms with Gasteiger partial charge in [-0.3, -0.25) is 0 Å². The highest BCUT2D eigenvalue weighted by molar-refractivity contribution is 6.63. The largest absolute Gasteiger partial charge is 0.505 e. The first kappa shape index (κ1) is 64.7. The average Bonchev–Trinajstić information content (AvgIpc) is 1.62. The van der Waals surface area contributed by atoms with Crippen LogP contribution in [-0.2, 0) is 14.2 Å². The van der Waals surface area contributed by atoms with Crippen LogP contribution in [0.3, 0.4) is 0 Å². The van der Waals surface area contributed by atoms with Gasteiger partial charge in [0.1, 0.15) is 52.1 Å². The number of allylic oxidation sites excluding steroid dienone is 6. The lowest BCUT2D eigenvalue weighted by atomic mass is 9.88. The van der Waals surface area contributed by atoms with Crippen LogP contribution in [0.1, 0.15) is 111 Å². The van der Waals surface area contributed by atoms with Crippen LogP contribution in [0.2, 0.25) is 0 Å². The molecule has 0 radical (unpaired) electrons. The predicted molar refractivity (Wildman–Crippen MR) is 350 cm³/mol. The number of hydrogen-bond donors (Lipinski definition) is 1. The Morgan fingerprint density at radius 3 is 1.53 bits per heavy atom. The minimum absolute atomic E-state index is 0.0108. The minimum atomic E-state index is -1.83. The van der Waals surface area contributed by atoms with E-state index in [2.05, 4.69) is 80.4 Å². The number of azide groups is 1. The van der Waals surface area contributed by atoms with Crippen LogP contribution < -0.4 is 10.3 Å². The van der Waals surface area contributed by atoms with Crippen LogP contribution in [0.15, 0.2) is 164 Å². The molecule has 1 N–H and O–H groups in total. The molecule has 6 bridgehead atoms. The molecule has 13 rings (SSSR count). The maximum absolute atomic E-state index is 9.75. The van der Waals surface area contributed by atoms with Crippen LogP contribution in [-0.4, -0.2) is 39.2 Å². The number of hydrogen-bond acceptors (Lipinski definition) is 13. The van der Waals surface area contributed by atoms with Crippen molar-refractivity contribution in [3.05, 3.63) is 221 Å². The summed E-state index contributed by atoms with van der Waals surface area (Å²) in [5.74, 6) is 4.71. The third-order valence-electron chi connectivity index (χ3n) is 18.1. The Balaban J connectivity index is 0.000000151. The molecule has 4 fully saturated rings. The summed E-state index contributed by atoms with van der Waals surface area (Å²) in [5, 5.41) is 64.7. The molecule has 0 spiro atoms. The van der Waals surface area contributed by atoms with Gasteiger partial charge in [-0.05, 0) is 175 Å². The Morgan fingerprint density at radius 2 is 1.11 bits per heavy atom. The van der Waals surface area contributed by atoms with E-state index in [1.54, 1.807) is 44.2 Å². The number of fused-ring (bicyclic) bond motifs is 9. The zero-order valence-corrected chi connectivity index (χ0v) is 53.4. The van der Waals surface area contributed by atoms with E-state index in [-0.39, 0.29) is 51.2 Å². The van der Waals surface area contributed by atoms with Gasteiger partial charge < -0.3 is 19.5 Å². The van der Waals surface area contributed by atoms with Crippen molar-refractivity contribution in [2.45, 2.75) is 132 Å². The number of ether oxygens (including phenoxy) is 3. The van der Waals surface area contributed by atoms with E-state index >= 15 is 0 Å². The van der Waals surface area contributed by atoms with Crippen LogP contribution >= 0.6 is 34.8 Å². The second-order valence-electron chi connectivity index (χ2n) is 24.7. The standard InChI is InChI=1S/C23H20N6O.C23H20N4O.C16H10N6O.C7H10.CHCl3/c1-23(2)19(18(12-26)22(30-23)16(10-24)11-25)13-5-7-17(8-6-13)29-21-15-4-3-14(9-15)20(21)27-28-29;1-23(2)19(21(26-4)22(28-23)18(13-24)25-3)14-9-11-17(12-10-14)27-20-15-5-6-16(20)8-7-15;1-16(2)13(10-5-7-11(8-6-10)21-22-18)14(20-4)15(23-16)12(9-17)19-3;1-2-7-4-3-6(1)5-7;2-1(3)4/h5-8,14-15,20-21H,3-4,9H2,1-2H3;5-6,9-12,15-16,20,27H,7-8H2,1-2H3;5-8H,1-2H3;1-2,6-7H,3-5H2;1H/b;22-18+;15-12+;;/i;;;;1D. The summed E-state index contributed by atoms with van der Waals surface area (Å²) < 4.78 is 21.9. The molecule has 92 heavy (non-hydrogen) atoms. The summed E-state index contributed by atoms with van der Waals surface area (Å²) in [5.41, 5.74) is 12.9. The highest BCUT2D eigenvalue weighted by atomic mass is 35.6. The zero-order chi connectivity index (χ0) is 67.2. The molecule has 3 aromatic rings. The van der Waals surface area contributed by atoms with E-state index < -0.39 is 21.1 Å². The van der Waals surface area contributed by atoms with Gasteiger partial charge in [0.2, 0.25) is 11.4 Å². The van der Waals surface area contributed by atoms with Gasteiger partial charge in [-0.25, -0.2) is 34.9 Å². The SMILES string of the molecule is C1=CC2CCC1C2.CC1(C)OC(=C(C#N)C#N)C(C#N)=C1c1ccc(N2N=NC3C4CCC(C4)C32)cc1.[2H]C(Cl)(Cl)Cl.[C-]#[N+]C1=C(c2ccc(N=[N+]=[N-])cc2)C(C)(C)O/C1=C(\C#N)[N+]#[C-].[C-]#[N+]C1=C(c2ccc(NC3C4C=CC3CC4)cc2)C(C)(C)O/C1=C(\C#N)[N+]#[C-]. The average molecular weight is 1280 g/mol. The molecule has 6 aliphatic carbocycles. The van der Waals surface area contributed by atoms with E-state index in [1.165, 1.54) is 51.4 Å². The first-order chi connectivity index (χ1) is 44.4. The van der Waals surface area contributed by atoms with Crippen molar-refractivity contribution in [1.82, 2.24) is 0 Å². The highest BCUT2D eigenvalue weighted by Gasteiger charge is 2.54. The molecule has 10 aliphatic rings. The molecule has 4 heterocycles. The van der Waals surface area contributed by atoms with E-state index in [0.717, 1.165) is 34.3 Å². The Bertz CT molecular complexity index is 4190. The summed E-state index contributed by atoms with van der Waals surface area (Å²) in [6.45, 7) is 40.2. The third kappa shape index (κ3) is 13.5. The van der Waals surface area contributed by atoms with Crippen molar-refractivity contribution in [3.63, 3.8) is 0 Å². The van der Waals surface area contributed by atoms with E-state index in [9.17, 15) is 21.0 Å². The van der Waals surface area contributed by atoms with E-state index in [4.69, 9.17) is 87.5 Å². The van der Waals surface area contributed by atoms with Crippen molar-refractivity contribution in [2.75, 3.05) is 10.3 Å². The Labute approximate surface area is 552 Å². The van der Waals surface area contributed by atoms with Gasteiger partial charge in [-0.15, -0.1) is 0 Å². The summed E-state index contributed by atoms with van der Waals surface area (Å²) >= 11 is 14.2. The molecule has 460 valence electrons. The number of rotatable bonds is 7. The molecule has 8 unspecified atom stereocenters. The molecular formula is C70H61Cl3N16O3. The lowest BCUT2D eigenvalue weighted by Crippen LogP contribution is -2.39. The van der Waals surface area contributed by atoms with Gasteiger partial charge in [-0.1, -0.05) is 118 Å². The molecule has 3 aromatic carbocycles. The Kier molecular flexibility index (Phi) is 19.6. The van der Waals surface area contributed by atoms with Crippen molar-refractivity contribution < 1.29 is 15.6 Å². The Morgan fingerprint density at radius 1 is 0.641 bits per heavy atom. The first-order valence-electron chi connectivity index (χ1n) is 30.2. The monoisotopic (exact) mass is 1280 g/mol. The maximum atomic E-state index is 9.75. The van der Waals surface area contributed by atoms with Gasteiger partial charge in [-0.2, -0.15) is 20.9 Å². The molecule has 0 amide bonds. The number of halogens is 3. The number of alkyl halides is 3. The number of anilines is 2. The molecule has 19 nitrogen and oxygen atoms in total. The smallest absolute Gasteiger partial charge is 0.292 e. The van der Waals surface area contributed by atoms with Gasteiger partial charge in [0.25, 0.3) is 11.4 Å². The quantitative estimate of drug-likeness (QED) is 0.0445. The third-order valence-corrected chi connectivity index (χ3v) is 18.1. The lowest BCUT2D eigenvalue weighted by Gasteiger charge is -2.29. The van der Waals surface area contributed by atoms with Crippen molar-refractivity contribution in [1.29, 1.82) is 26.3 Å². The van der Waals surface area contributed by atoms with Crippen LogP contribution in [0.25, 0.3) is 46.5 Å². The number of benzene rings is 3. The second kappa shape index (κ2) is 27.9. The lowest BCUT2D eigenvalue weighted by molar-refractivity contribution is 0.108. The number of nitrogens with one attached hydrogen (secondary N) is 1.